The van der Waals surface area contributed by atoms with E-state index in [4.69, 9.17) is 11.6 Å². The maximum atomic E-state index is 12.6. The van der Waals surface area contributed by atoms with Gasteiger partial charge in [0, 0.05) is 21.8 Å². The predicted octanol–water partition coefficient (Wildman–Crippen LogP) is 4.33. The summed E-state index contributed by atoms with van der Waals surface area (Å²) < 4.78 is 39.6. The van der Waals surface area contributed by atoms with Gasteiger partial charge in [-0.3, -0.25) is 4.79 Å². The highest BCUT2D eigenvalue weighted by Crippen LogP contribution is 2.28. The summed E-state index contributed by atoms with van der Waals surface area (Å²) in [6.45, 7) is -0.0190. The maximum absolute atomic E-state index is 12.6. The molecule has 106 valence electrons. The quantitative estimate of drug-likeness (QED) is 0.775. The summed E-state index contributed by atoms with van der Waals surface area (Å²) >= 11 is 9.23. The molecule has 0 bridgehead atoms. The van der Waals surface area contributed by atoms with Gasteiger partial charge in [0.2, 0.25) is 0 Å². The molecular weight excluding hydrogens is 358 g/mol. The third-order valence-corrected chi connectivity index (χ3v) is 3.51. The van der Waals surface area contributed by atoms with Gasteiger partial charge in [-0.2, -0.15) is 13.2 Å². The minimum Gasteiger partial charge on any atom is -0.310 e. The Morgan fingerprint density at radius 3 is 2.50 bits per heavy atom. The maximum Gasteiger partial charge on any atom is 0.417 e. The van der Waals surface area contributed by atoms with Crippen molar-refractivity contribution in [2.45, 2.75) is 12.7 Å². The first kappa shape index (κ1) is 15.1. The normalized spacial score (nSPS) is 11.7. The number of aromatic nitrogens is 1. The molecule has 2 rings (SSSR count). The zero-order valence-corrected chi connectivity index (χ0v) is 12.3. The lowest BCUT2D eigenvalue weighted by Crippen LogP contribution is -2.22. The molecule has 2 aromatic rings. The Morgan fingerprint density at radius 1 is 1.20 bits per heavy atom. The van der Waals surface area contributed by atoms with Crippen molar-refractivity contribution in [3.8, 4) is 0 Å². The van der Waals surface area contributed by atoms with Crippen LogP contribution in [0, 0.1) is 0 Å². The number of halogens is 5. The standard InChI is InChI=1S/C13H8BrClF3NO/c14-10-3-1-8(11(15)5-10)6-19-7-9(13(16,17)18)2-4-12(19)20/h1-5,7H,6H2. The van der Waals surface area contributed by atoms with Crippen LogP contribution in [-0.2, 0) is 12.7 Å². The zero-order valence-electron chi connectivity index (χ0n) is 9.92. The molecule has 0 N–H and O–H groups in total. The summed E-state index contributed by atoms with van der Waals surface area (Å²) in [5.74, 6) is 0. The second kappa shape index (κ2) is 5.61. The second-order valence-electron chi connectivity index (χ2n) is 4.12. The van der Waals surface area contributed by atoms with Crippen LogP contribution < -0.4 is 5.56 Å². The van der Waals surface area contributed by atoms with Gasteiger partial charge >= 0.3 is 6.18 Å². The summed E-state index contributed by atoms with van der Waals surface area (Å²) in [7, 11) is 0. The fourth-order valence-electron chi connectivity index (χ4n) is 1.66. The number of alkyl halides is 3. The molecule has 20 heavy (non-hydrogen) atoms. The van der Waals surface area contributed by atoms with Gasteiger partial charge in [0.1, 0.15) is 0 Å². The van der Waals surface area contributed by atoms with Crippen molar-refractivity contribution < 1.29 is 13.2 Å². The van der Waals surface area contributed by atoms with Crippen molar-refractivity contribution in [2.75, 3.05) is 0 Å². The smallest absolute Gasteiger partial charge is 0.310 e. The van der Waals surface area contributed by atoms with E-state index in [0.29, 0.717) is 10.6 Å². The second-order valence-corrected chi connectivity index (χ2v) is 5.44. The van der Waals surface area contributed by atoms with E-state index < -0.39 is 17.3 Å². The summed E-state index contributed by atoms with van der Waals surface area (Å²) in [6.07, 6.45) is -3.69. The molecule has 1 heterocycles. The number of rotatable bonds is 2. The first-order valence-corrected chi connectivity index (χ1v) is 6.66. The van der Waals surface area contributed by atoms with Gasteiger partial charge in [-0.05, 0) is 23.8 Å². The first-order valence-electron chi connectivity index (χ1n) is 5.49. The number of nitrogens with zero attached hydrogens (tertiary/aromatic N) is 1. The van der Waals surface area contributed by atoms with E-state index in [0.717, 1.165) is 27.4 Å². The van der Waals surface area contributed by atoms with Crippen LogP contribution in [0.1, 0.15) is 11.1 Å². The van der Waals surface area contributed by atoms with E-state index >= 15 is 0 Å². The minimum atomic E-state index is -4.49. The van der Waals surface area contributed by atoms with Crippen molar-refractivity contribution in [1.29, 1.82) is 0 Å². The number of hydrogen-bond donors (Lipinski definition) is 0. The fourth-order valence-corrected chi connectivity index (χ4v) is 2.39. The number of pyridine rings is 1. The molecule has 0 atom stereocenters. The lowest BCUT2D eigenvalue weighted by atomic mass is 10.2. The van der Waals surface area contributed by atoms with E-state index in [1.165, 1.54) is 0 Å². The van der Waals surface area contributed by atoms with Gasteiger partial charge < -0.3 is 4.57 Å². The molecule has 0 aliphatic rings. The van der Waals surface area contributed by atoms with E-state index in [9.17, 15) is 18.0 Å². The van der Waals surface area contributed by atoms with Crippen LogP contribution in [0.25, 0.3) is 0 Å². The Morgan fingerprint density at radius 2 is 1.90 bits per heavy atom. The van der Waals surface area contributed by atoms with Crippen LogP contribution in [0.2, 0.25) is 5.02 Å². The van der Waals surface area contributed by atoms with Crippen molar-refractivity contribution in [3.05, 3.63) is 67.5 Å². The fraction of sp³-hybridized carbons (Fsp3) is 0.154. The Kier molecular flexibility index (Phi) is 4.25. The molecule has 7 heteroatoms. The molecule has 0 unspecified atom stereocenters. The predicted molar refractivity (Wildman–Crippen MR) is 74.0 cm³/mol. The molecule has 1 aromatic carbocycles. The largest absolute Gasteiger partial charge is 0.417 e. The van der Waals surface area contributed by atoms with Crippen LogP contribution in [0.15, 0.2) is 45.8 Å². The molecule has 0 radical (unpaired) electrons. The average Bonchev–Trinajstić information content (AvgIpc) is 2.33. The Labute approximate surface area is 125 Å². The minimum absolute atomic E-state index is 0.0190. The van der Waals surface area contributed by atoms with Gasteiger partial charge in [0.15, 0.2) is 0 Å². The summed E-state index contributed by atoms with van der Waals surface area (Å²) in [4.78, 5) is 11.6. The average molecular weight is 367 g/mol. The Hall–Kier alpha value is -1.27. The lowest BCUT2D eigenvalue weighted by molar-refractivity contribution is -0.138. The third kappa shape index (κ3) is 3.43. The topological polar surface area (TPSA) is 22.0 Å². The Bertz CT molecular complexity index is 697. The monoisotopic (exact) mass is 365 g/mol. The molecule has 0 aliphatic carbocycles. The van der Waals surface area contributed by atoms with Crippen LogP contribution in [0.4, 0.5) is 13.2 Å². The zero-order chi connectivity index (χ0) is 14.9. The van der Waals surface area contributed by atoms with Crippen LogP contribution in [0.5, 0.6) is 0 Å². The van der Waals surface area contributed by atoms with Crippen LogP contribution in [-0.4, -0.2) is 4.57 Å². The third-order valence-electron chi connectivity index (χ3n) is 2.67. The van der Waals surface area contributed by atoms with E-state index in [2.05, 4.69) is 15.9 Å². The van der Waals surface area contributed by atoms with Crippen molar-refractivity contribution >= 4 is 27.5 Å². The summed E-state index contributed by atoms with van der Waals surface area (Å²) in [5, 5.41) is 0.378. The van der Waals surface area contributed by atoms with Crippen molar-refractivity contribution in [2.24, 2.45) is 0 Å². The highest BCUT2D eigenvalue weighted by molar-refractivity contribution is 9.10. The molecule has 0 amide bonds. The first-order chi connectivity index (χ1) is 9.27. The molecule has 1 aromatic heterocycles. The van der Waals surface area contributed by atoms with E-state index in [-0.39, 0.29) is 6.54 Å². The van der Waals surface area contributed by atoms with Gasteiger partial charge in [-0.25, -0.2) is 0 Å². The Balaban J connectivity index is 2.40. The molecule has 0 spiro atoms. The molecule has 0 fully saturated rings. The van der Waals surface area contributed by atoms with Gasteiger partial charge in [0.25, 0.3) is 5.56 Å². The van der Waals surface area contributed by atoms with E-state index in [1.54, 1.807) is 18.2 Å². The van der Waals surface area contributed by atoms with Gasteiger partial charge in [-0.15, -0.1) is 0 Å². The highest BCUT2D eigenvalue weighted by Gasteiger charge is 2.31. The lowest BCUT2D eigenvalue weighted by Gasteiger charge is -2.11. The molecule has 2 nitrogen and oxygen atoms in total. The summed E-state index contributed by atoms with van der Waals surface area (Å²) in [6, 6.07) is 6.64. The van der Waals surface area contributed by atoms with Gasteiger partial charge in [-0.1, -0.05) is 33.6 Å². The molecule has 0 saturated carbocycles. The van der Waals surface area contributed by atoms with Crippen LogP contribution in [0.3, 0.4) is 0 Å². The van der Waals surface area contributed by atoms with Crippen molar-refractivity contribution in [1.82, 2.24) is 4.57 Å². The number of hydrogen-bond acceptors (Lipinski definition) is 1. The molecule has 0 aliphatic heterocycles. The van der Waals surface area contributed by atoms with Crippen molar-refractivity contribution in [3.63, 3.8) is 0 Å². The number of benzene rings is 1. The van der Waals surface area contributed by atoms with Gasteiger partial charge in [0.05, 0.1) is 12.1 Å². The highest BCUT2D eigenvalue weighted by atomic mass is 79.9. The van der Waals surface area contributed by atoms with Crippen LogP contribution >= 0.6 is 27.5 Å². The molecular formula is C13H8BrClF3NO. The SMILES string of the molecule is O=c1ccc(C(F)(F)F)cn1Cc1ccc(Br)cc1Cl. The van der Waals surface area contributed by atoms with E-state index in [1.807, 2.05) is 0 Å². The summed E-state index contributed by atoms with van der Waals surface area (Å²) in [5.41, 5.74) is -0.821. The molecule has 0 saturated heterocycles.